The normalized spacial score (nSPS) is 13.7. The van der Waals surface area contributed by atoms with Gasteiger partial charge in [0.15, 0.2) is 0 Å². The number of unbranched alkanes of at least 4 members (excludes halogenated alkanes) is 6. The Bertz CT molecular complexity index is 379. The zero-order valence-electron chi connectivity index (χ0n) is 21.8. The van der Waals surface area contributed by atoms with Crippen molar-refractivity contribution in [3.05, 3.63) is 12.3 Å². The molecule has 0 aromatic rings. The second-order valence-electron chi connectivity index (χ2n) is 10.1. The Kier molecular flexibility index (Phi) is 20.1. The van der Waals surface area contributed by atoms with Crippen LogP contribution in [0.4, 0.5) is 0 Å². The average Bonchev–Trinajstić information content (AvgIpc) is 2.71. The molecule has 2 nitrogen and oxygen atoms in total. The molecule has 0 saturated carbocycles. The number of hydrogen-bond acceptors (Lipinski definition) is 2. The summed E-state index contributed by atoms with van der Waals surface area (Å²) >= 11 is 0. The van der Waals surface area contributed by atoms with Crippen molar-refractivity contribution in [2.75, 3.05) is 20.1 Å². The lowest BCUT2D eigenvalue weighted by molar-refractivity contribution is 0.0773. The van der Waals surface area contributed by atoms with Crippen LogP contribution in [-0.4, -0.2) is 31.1 Å². The van der Waals surface area contributed by atoms with Crippen LogP contribution in [0.5, 0.6) is 0 Å². The maximum Gasteiger partial charge on any atom is 0.0984 e. The van der Waals surface area contributed by atoms with Crippen molar-refractivity contribution in [1.29, 1.82) is 0 Å². The molecule has 180 valence electrons. The third-order valence-electron chi connectivity index (χ3n) is 6.40. The van der Waals surface area contributed by atoms with Crippen LogP contribution >= 0.6 is 0 Å². The molecule has 0 spiro atoms. The van der Waals surface area contributed by atoms with Crippen LogP contribution in [0.3, 0.4) is 0 Å². The molecule has 2 unspecified atom stereocenters. The van der Waals surface area contributed by atoms with Gasteiger partial charge in [-0.25, -0.2) is 0 Å². The van der Waals surface area contributed by atoms with Crippen molar-refractivity contribution in [2.45, 2.75) is 137 Å². The first-order valence-electron chi connectivity index (χ1n) is 13.5. The van der Waals surface area contributed by atoms with E-state index in [2.05, 4.69) is 53.1 Å². The summed E-state index contributed by atoms with van der Waals surface area (Å²) in [7, 11) is 2.26. The average molecular weight is 424 g/mol. The fourth-order valence-corrected chi connectivity index (χ4v) is 4.29. The van der Waals surface area contributed by atoms with E-state index < -0.39 is 0 Å². The zero-order valence-corrected chi connectivity index (χ0v) is 21.8. The molecular weight excluding hydrogens is 366 g/mol. The summed E-state index contributed by atoms with van der Waals surface area (Å²) in [5, 5.41) is 0. The fourth-order valence-electron chi connectivity index (χ4n) is 4.29. The van der Waals surface area contributed by atoms with E-state index in [1.807, 2.05) is 0 Å². The Morgan fingerprint density at radius 2 is 1.43 bits per heavy atom. The number of ether oxygens (including phenoxy) is 1. The van der Waals surface area contributed by atoms with Crippen LogP contribution in [0.1, 0.15) is 131 Å². The number of rotatable bonds is 22. The van der Waals surface area contributed by atoms with Crippen molar-refractivity contribution in [3.8, 4) is 0 Å². The molecule has 0 aliphatic heterocycles. The van der Waals surface area contributed by atoms with E-state index in [9.17, 15) is 0 Å². The molecule has 0 N–H and O–H groups in total. The summed E-state index contributed by atoms with van der Waals surface area (Å²) < 4.78 is 6.36. The number of allylic oxidation sites excluding steroid dienone is 1. The van der Waals surface area contributed by atoms with E-state index >= 15 is 0 Å². The summed E-state index contributed by atoms with van der Waals surface area (Å²) in [5.41, 5.74) is 0. The summed E-state index contributed by atoms with van der Waals surface area (Å²) in [6.07, 6.45) is 19.7. The highest BCUT2D eigenvalue weighted by Gasteiger charge is 2.16. The molecule has 0 aliphatic rings. The van der Waals surface area contributed by atoms with Crippen LogP contribution in [0, 0.1) is 11.8 Å². The Balaban J connectivity index is 3.99. The second-order valence-corrected chi connectivity index (χ2v) is 10.1. The molecule has 0 bridgehead atoms. The van der Waals surface area contributed by atoms with Gasteiger partial charge in [0.05, 0.1) is 11.9 Å². The quantitative estimate of drug-likeness (QED) is 0.127. The lowest BCUT2D eigenvalue weighted by Gasteiger charge is -2.24. The van der Waals surface area contributed by atoms with E-state index in [0.717, 1.165) is 24.5 Å². The third-order valence-corrected chi connectivity index (χ3v) is 6.40. The van der Waals surface area contributed by atoms with Gasteiger partial charge >= 0.3 is 0 Å². The predicted octanol–water partition coefficient (Wildman–Crippen LogP) is 9.00. The Morgan fingerprint density at radius 1 is 0.800 bits per heavy atom. The lowest BCUT2D eigenvalue weighted by Crippen LogP contribution is -2.20. The fraction of sp³-hybridized carbons (Fsp3) is 0.929. The summed E-state index contributed by atoms with van der Waals surface area (Å²) in [6, 6.07) is 0. The van der Waals surface area contributed by atoms with Gasteiger partial charge in [0.25, 0.3) is 0 Å². The molecule has 30 heavy (non-hydrogen) atoms. The first-order valence-corrected chi connectivity index (χ1v) is 13.5. The van der Waals surface area contributed by atoms with E-state index in [4.69, 9.17) is 4.74 Å². The summed E-state index contributed by atoms with van der Waals surface area (Å²) in [4.78, 5) is 2.49. The molecule has 0 saturated heterocycles. The molecule has 0 fully saturated rings. The van der Waals surface area contributed by atoms with Gasteiger partial charge in [-0.05, 0) is 70.5 Å². The third kappa shape index (κ3) is 18.3. The Morgan fingerprint density at radius 3 is 2.07 bits per heavy atom. The largest absolute Gasteiger partial charge is 0.495 e. The van der Waals surface area contributed by atoms with Gasteiger partial charge in [-0.2, -0.15) is 0 Å². The van der Waals surface area contributed by atoms with Gasteiger partial charge in [-0.1, -0.05) is 92.6 Å². The SMILES string of the molecule is C=C(CCCCCCCN(C)CCCC)OC(CCC(CC)CCCC)CC(C)C. The molecule has 0 heterocycles. The van der Waals surface area contributed by atoms with E-state index in [-0.39, 0.29) is 0 Å². The second kappa shape index (κ2) is 20.4. The van der Waals surface area contributed by atoms with Crippen molar-refractivity contribution < 1.29 is 4.74 Å². The monoisotopic (exact) mass is 423 g/mol. The standard InChI is InChI=1S/C28H57NO/c1-8-11-19-27(10-3)20-21-28(24-25(4)5)30-26(6)18-16-14-13-15-17-23-29(7)22-12-9-2/h25,27-28H,6,8-24H2,1-5,7H3. The van der Waals surface area contributed by atoms with Crippen LogP contribution in [-0.2, 0) is 4.74 Å². The van der Waals surface area contributed by atoms with E-state index in [0.29, 0.717) is 12.0 Å². The van der Waals surface area contributed by atoms with Gasteiger partial charge in [0.1, 0.15) is 0 Å². The van der Waals surface area contributed by atoms with Gasteiger partial charge in [-0.15, -0.1) is 0 Å². The topological polar surface area (TPSA) is 12.5 Å². The minimum atomic E-state index is 0.367. The predicted molar refractivity (Wildman–Crippen MR) is 136 cm³/mol. The van der Waals surface area contributed by atoms with Crippen LogP contribution in [0.15, 0.2) is 12.3 Å². The zero-order chi connectivity index (χ0) is 22.6. The molecule has 0 radical (unpaired) electrons. The maximum atomic E-state index is 6.36. The maximum absolute atomic E-state index is 6.36. The van der Waals surface area contributed by atoms with Gasteiger partial charge < -0.3 is 9.64 Å². The van der Waals surface area contributed by atoms with Gasteiger partial charge in [0, 0.05) is 6.42 Å². The smallest absolute Gasteiger partial charge is 0.0984 e. The Labute approximate surface area is 191 Å². The molecule has 0 aromatic heterocycles. The lowest BCUT2D eigenvalue weighted by atomic mass is 9.91. The van der Waals surface area contributed by atoms with Crippen molar-refractivity contribution in [3.63, 3.8) is 0 Å². The first-order chi connectivity index (χ1) is 14.4. The molecule has 2 heteroatoms. The highest BCUT2D eigenvalue weighted by Crippen LogP contribution is 2.25. The number of hydrogen-bond donors (Lipinski definition) is 0. The Hall–Kier alpha value is -0.500. The highest BCUT2D eigenvalue weighted by molar-refractivity contribution is 4.84. The molecule has 2 atom stereocenters. The minimum absolute atomic E-state index is 0.367. The van der Waals surface area contributed by atoms with E-state index in [1.54, 1.807) is 0 Å². The van der Waals surface area contributed by atoms with Crippen LogP contribution < -0.4 is 0 Å². The summed E-state index contributed by atoms with van der Waals surface area (Å²) in [5.74, 6) is 2.59. The first kappa shape index (κ1) is 29.5. The van der Waals surface area contributed by atoms with Crippen LogP contribution in [0.25, 0.3) is 0 Å². The van der Waals surface area contributed by atoms with Crippen molar-refractivity contribution in [1.82, 2.24) is 4.90 Å². The molecule has 0 rings (SSSR count). The number of nitrogens with zero attached hydrogens (tertiary/aromatic N) is 1. The minimum Gasteiger partial charge on any atom is -0.495 e. The molecule has 0 aromatic carbocycles. The van der Waals surface area contributed by atoms with Crippen LogP contribution in [0.2, 0.25) is 0 Å². The highest BCUT2D eigenvalue weighted by atomic mass is 16.5. The van der Waals surface area contributed by atoms with Crippen molar-refractivity contribution >= 4 is 0 Å². The van der Waals surface area contributed by atoms with E-state index in [1.165, 1.54) is 96.6 Å². The van der Waals surface area contributed by atoms with Crippen molar-refractivity contribution in [2.24, 2.45) is 11.8 Å². The molecule has 0 amide bonds. The van der Waals surface area contributed by atoms with Gasteiger partial charge in [-0.3, -0.25) is 0 Å². The molecule has 0 aliphatic carbocycles. The van der Waals surface area contributed by atoms with Gasteiger partial charge in [0.2, 0.25) is 0 Å². The summed E-state index contributed by atoms with van der Waals surface area (Å²) in [6.45, 7) is 18.3. The molecular formula is C28H57NO.